The molecular formula is C17H25ClN2O2. The first kappa shape index (κ1) is 17.3. The highest BCUT2D eigenvalue weighted by Gasteiger charge is 2.29. The van der Waals surface area contributed by atoms with E-state index in [-0.39, 0.29) is 30.5 Å². The molecule has 2 aliphatic rings. The van der Waals surface area contributed by atoms with E-state index in [4.69, 9.17) is 10.5 Å². The third kappa shape index (κ3) is 3.62. The zero-order valence-corrected chi connectivity index (χ0v) is 13.7. The maximum absolute atomic E-state index is 12.6. The molecule has 0 radical (unpaired) electrons. The highest BCUT2D eigenvalue weighted by atomic mass is 35.5. The van der Waals surface area contributed by atoms with Crippen molar-refractivity contribution in [3.8, 4) is 0 Å². The summed E-state index contributed by atoms with van der Waals surface area (Å²) in [5.41, 5.74) is 8.31. The zero-order valence-electron chi connectivity index (χ0n) is 12.9. The first-order valence-corrected chi connectivity index (χ1v) is 7.98. The highest BCUT2D eigenvalue weighted by Crippen LogP contribution is 2.30. The van der Waals surface area contributed by atoms with Crippen LogP contribution < -0.4 is 5.73 Å². The summed E-state index contributed by atoms with van der Waals surface area (Å²) in [6, 6.07) is 8.51. The minimum absolute atomic E-state index is 0. The lowest BCUT2D eigenvalue weighted by Crippen LogP contribution is -2.47. The molecule has 4 nitrogen and oxygen atoms in total. The standard InChI is InChI=1S/C17H24N2O2.ClH/c18-12-14-6-3-4-9-19(14)17(20)11-16-15-7-2-1-5-13(15)8-10-21-16;/h1-2,5,7,14,16H,3-4,6,8-12,18H2;1H. The second-order valence-corrected chi connectivity index (χ2v) is 5.98. The number of ether oxygens (including phenoxy) is 1. The molecule has 0 bridgehead atoms. The molecule has 0 aromatic heterocycles. The van der Waals surface area contributed by atoms with E-state index >= 15 is 0 Å². The van der Waals surface area contributed by atoms with E-state index < -0.39 is 0 Å². The van der Waals surface area contributed by atoms with Crippen molar-refractivity contribution in [2.75, 3.05) is 19.7 Å². The molecule has 1 amide bonds. The van der Waals surface area contributed by atoms with Crippen LogP contribution in [0.25, 0.3) is 0 Å². The van der Waals surface area contributed by atoms with Crippen molar-refractivity contribution in [2.24, 2.45) is 5.73 Å². The molecule has 2 N–H and O–H groups in total. The largest absolute Gasteiger partial charge is 0.373 e. The lowest BCUT2D eigenvalue weighted by atomic mass is 9.94. The Bertz CT molecular complexity index is 509. The number of carbonyl (C=O) groups is 1. The molecule has 2 unspecified atom stereocenters. The van der Waals surface area contributed by atoms with Gasteiger partial charge in [0.15, 0.2) is 0 Å². The normalized spacial score (nSPS) is 24.3. The monoisotopic (exact) mass is 324 g/mol. The smallest absolute Gasteiger partial charge is 0.225 e. The van der Waals surface area contributed by atoms with E-state index in [0.717, 1.165) is 25.8 Å². The maximum Gasteiger partial charge on any atom is 0.225 e. The summed E-state index contributed by atoms with van der Waals surface area (Å²) in [6.07, 6.45) is 4.58. The predicted molar refractivity (Wildman–Crippen MR) is 89.1 cm³/mol. The van der Waals surface area contributed by atoms with Gasteiger partial charge in [-0.3, -0.25) is 4.79 Å². The number of amides is 1. The Balaban J connectivity index is 0.00000176. The molecule has 5 heteroatoms. The summed E-state index contributed by atoms with van der Waals surface area (Å²) >= 11 is 0. The number of fused-ring (bicyclic) bond motifs is 1. The van der Waals surface area contributed by atoms with Crippen molar-refractivity contribution >= 4 is 18.3 Å². The van der Waals surface area contributed by atoms with Crippen molar-refractivity contribution in [2.45, 2.75) is 44.2 Å². The van der Waals surface area contributed by atoms with Gasteiger partial charge in [0, 0.05) is 19.1 Å². The quantitative estimate of drug-likeness (QED) is 0.929. The summed E-state index contributed by atoms with van der Waals surface area (Å²) in [5.74, 6) is 0.187. The Morgan fingerprint density at radius 1 is 1.32 bits per heavy atom. The van der Waals surface area contributed by atoms with Gasteiger partial charge in [0.2, 0.25) is 5.91 Å². The van der Waals surface area contributed by atoms with Gasteiger partial charge >= 0.3 is 0 Å². The first-order valence-electron chi connectivity index (χ1n) is 7.98. The number of hydrogen-bond donors (Lipinski definition) is 1. The molecular weight excluding hydrogens is 300 g/mol. The van der Waals surface area contributed by atoms with E-state index in [2.05, 4.69) is 18.2 Å². The van der Waals surface area contributed by atoms with Crippen molar-refractivity contribution in [3.63, 3.8) is 0 Å². The van der Waals surface area contributed by atoms with Gasteiger partial charge in [-0.25, -0.2) is 0 Å². The molecule has 1 saturated heterocycles. The Morgan fingerprint density at radius 2 is 2.14 bits per heavy atom. The van der Waals surface area contributed by atoms with Crippen LogP contribution in [-0.2, 0) is 16.0 Å². The van der Waals surface area contributed by atoms with Crippen LogP contribution in [0.5, 0.6) is 0 Å². The summed E-state index contributed by atoms with van der Waals surface area (Å²) < 4.78 is 5.86. The van der Waals surface area contributed by atoms with Crippen LogP contribution in [-0.4, -0.2) is 36.5 Å². The third-order valence-electron chi connectivity index (χ3n) is 4.67. The summed E-state index contributed by atoms with van der Waals surface area (Å²) in [7, 11) is 0. The second-order valence-electron chi connectivity index (χ2n) is 5.98. The van der Waals surface area contributed by atoms with Crippen molar-refractivity contribution in [1.29, 1.82) is 0 Å². The highest BCUT2D eigenvalue weighted by molar-refractivity contribution is 5.85. The van der Waals surface area contributed by atoms with Crippen molar-refractivity contribution in [3.05, 3.63) is 35.4 Å². The number of likely N-dealkylation sites (tertiary alicyclic amines) is 1. The number of nitrogens with two attached hydrogens (primary N) is 1. The van der Waals surface area contributed by atoms with Gasteiger partial charge in [0.05, 0.1) is 19.1 Å². The molecule has 2 aliphatic heterocycles. The lowest BCUT2D eigenvalue weighted by Gasteiger charge is -2.36. The topological polar surface area (TPSA) is 55.6 Å². The predicted octanol–water partition coefficient (Wildman–Crippen LogP) is 2.45. The fourth-order valence-corrected chi connectivity index (χ4v) is 3.50. The SMILES string of the molecule is Cl.NCC1CCCCN1C(=O)CC1OCCc2ccccc21. The van der Waals surface area contributed by atoms with Crippen molar-refractivity contribution < 1.29 is 9.53 Å². The van der Waals surface area contributed by atoms with Gasteiger partial charge in [-0.2, -0.15) is 0 Å². The summed E-state index contributed by atoms with van der Waals surface area (Å²) in [5, 5.41) is 0. The van der Waals surface area contributed by atoms with Gasteiger partial charge < -0.3 is 15.4 Å². The van der Waals surface area contributed by atoms with Crippen LogP contribution in [0.4, 0.5) is 0 Å². The molecule has 0 spiro atoms. The van der Waals surface area contributed by atoms with Crippen LogP contribution in [0.1, 0.15) is 42.9 Å². The molecule has 122 valence electrons. The van der Waals surface area contributed by atoms with E-state index in [1.165, 1.54) is 17.5 Å². The molecule has 2 heterocycles. The fraction of sp³-hybridized carbons (Fsp3) is 0.588. The molecule has 0 saturated carbocycles. The molecule has 0 aliphatic carbocycles. The van der Waals surface area contributed by atoms with Crippen LogP contribution >= 0.6 is 12.4 Å². The number of rotatable bonds is 3. The van der Waals surface area contributed by atoms with Crippen LogP contribution in [0, 0.1) is 0 Å². The number of piperidine rings is 1. The Morgan fingerprint density at radius 3 is 2.95 bits per heavy atom. The summed E-state index contributed by atoms with van der Waals surface area (Å²) in [6.45, 7) is 2.11. The molecule has 1 aromatic carbocycles. The van der Waals surface area contributed by atoms with E-state index in [9.17, 15) is 4.79 Å². The van der Waals surface area contributed by atoms with E-state index in [0.29, 0.717) is 19.6 Å². The van der Waals surface area contributed by atoms with Gasteiger partial charge in [-0.15, -0.1) is 12.4 Å². The van der Waals surface area contributed by atoms with Crippen LogP contribution in [0.3, 0.4) is 0 Å². The van der Waals surface area contributed by atoms with Gasteiger partial charge in [0.1, 0.15) is 0 Å². The Labute approximate surface area is 138 Å². The minimum atomic E-state index is -0.0946. The summed E-state index contributed by atoms with van der Waals surface area (Å²) in [4.78, 5) is 14.6. The average molecular weight is 325 g/mol. The third-order valence-corrected chi connectivity index (χ3v) is 4.67. The van der Waals surface area contributed by atoms with Gasteiger partial charge in [-0.05, 0) is 36.8 Å². The van der Waals surface area contributed by atoms with Crippen LogP contribution in [0.15, 0.2) is 24.3 Å². The van der Waals surface area contributed by atoms with E-state index in [1.54, 1.807) is 0 Å². The fourth-order valence-electron chi connectivity index (χ4n) is 3.50. The van der Waals surface area contributed by atoms with E-state index in [1.807, 2.05) is 11.0 Å². The number of hydrogen-bond acceptors (Lipinski definition) is 3. The number of benzene rings is 1. The molecule has 1 aromatic rings. The minimum Gasteiger partial charge on any atom is -0.373 e. The van der Waals surface area contributed by atoms with Crippen LogP contribution in [0.2, 0.25) is 0 Å². The second kappa shape index (κ2) is 7.95. The number of halogens is 1. The molecule has 3 rings (SSSR count). The van der Waals surface area contributed by atoms with Gasteiger partial charge in [0.25, 0.3) is 0 Å². The Hall–Kier alpha value is -1.10. The first-order chi connectivity index (χ1) is 10.3. The molecule has 1 fully saturated rings. The molecule has 2 atom stereocenters. The Kier molecular flexibility index (Phi) is 6.24. The van der Waals surface area contributed by atoms with Gasteiger partial charge in [-0.1, -0.05) is 24.3 Å². The molecule has 22 heavy (non-hydrogen) atoms. The number of nitrogens with zero attached hydrogens (tertiary/aromatic N) is 1. The van der Waals surface area contributed by atoms with Crippen molar-refractivity contribution in [1.82, 2.24) is 4.90 Å². The zero-order chi connectivity index (χ0) is 14.7. The average Bonchev–Trinajstić information content (AvgIpc) is 2.55. The maximum atomic E-state index is 12.6. The number of carbonyl (C=O) groups excluding carboxylic acids is 1. The lowest BCUT2D eigenvalue weighted by molar-refractivity contribution is -0.138.